The van der Waals surface area contributed by atoms with Gasteiger partial charge in [0.1, 0.15) is 0 Å². The first-order valence-corrected chi connectivity index (χ1v) is 7.48. The monoisotopic (exact) mass is 323 g/mol. The molecule has 1 aromatic carbocycles. The molecule has 0 aliphatic heterocycles. The average molecular weight is 324 g/mol. The fraction of sp³-hybridized carbons (Fsp3) is 0.500. The van der Waals surface area contributed by atoms with E-state index in [1.54, 1.807) is 24.3 Å². The standard InChI is InChI=1S/C16H21N3O2.ClH/c17-14-12-6-5-11(7-12)13(14)16(21)19-8-9-1-3-10(4-2-9)15(18)20;/h1-4,11-14H,5-8,17H2,(H2,18,20)(H,19,21);1H. The molecule has 2 bridgehead atoms. The fourth-order valence-corrected chi connectivity index (χ4v) is 3.82. The van der Waals surface area contributed by atoms with Crippen molar-refractivity contribution in [1.29, 1.82) is 0 Å². The summed E-state index contributed by atoms with van der Waals surface area (Å²) in [5.41, 5.74) is 12.8. The molecule has 0 saturated heterocycles. The molecule has 0 radical (unpaired) electrons. The van der Waals surface area contributed by atoms with E-state index in [-0.39, 0.29) is 30.3 Å². The molecule has 2 amide bonds. The van der Waals surface area contributed by atoms with Crippen LogP contribution in [0.25, 0.3) is 0 Å². The smallest absolute Gasteiger partial charge is 0.248 e. The van der Waals surface area contributed by atoms with E-state index in [1.807, 2.05) is 0 Å². The highest BCUT2D eigenvalue weighted by atomic mass is 35.5. The van der Waals surface area contributed by atoms with Gasteiger partial charge in [-0.25, -0.2) is 0 Å². The van der Waals surface area contributed by atoms with E-state index < -0.39 is 5.91 Å². The maximum absolute atomic E-state index is 12.3. The second-order valence-corrected chi connectivity index (χ2v) is 6.22. The molecule has 0 spiro atoms. The normalized spacial score (nSPS) is 29.0. The number of carbonyl (C=O) groups excluding carboxylic acids is 2. The van der Waals surface area contributed by atoms with E-state index in [0.29, 0.717) is 23.9 Å². The van der Waals surface area contributed by atoms with Crippen molar-refractivity contribution in [2.45, 2.75) is 31.8 Å². The van der Waals surface area contributed by atoms with Gasteiger partial charge < -0.3 is 16.8 Å². The molecule has 0 aromatic heterocycles. The van der Waals surface area contributed by atoms with Crippen molar-refractivity contribution in [2.75, 3.05) is 0 Å². The van der Waals surface area contributed by atoms with Crippen molar-refractivity contribution < 1.29 is 9.59 Å². The zero-order valence-corrected chi connectivity index (χ0v) is 13.1. The summed E-state index contributed by atoms with van der Waals surface area (Å²) in [4.78, 5) is 23.3. The Kier molecular flexibility index (Phi) is 5.08. The van der Waals surface area contributed by atoms with E-state index in [4.69, 9.17) is 11.5 Å². The zero-order chi connectivity index (χ0) is 15.0. The summed E-state index contributed by atoms with van der Waals surface area (Å²) in [6.07, 6.45) is 3.40. The Hall–Kier alpha value is -1.59. The van der Waals surface area contributed by atoms with Gasteiger partial charge in [0.25, 0.3) is 0 Å². The molecule has 120 valence electrons. The average Bonchev–Trinajstić information content (AvgIpc) is 3.06. The van der Waals surface area contributed by atoms with Crippen LogP contribution in [0.15, 0.2) is 24.3 Å². The summed E-state index contributed by atoms with van der Waals surface area (Å²) in [5, 5.41) is 2.97. The first-order chi connectivity index (χ1) is 10.1. The molecule has 2 aliphatic rings. The third kappa shape index (κ3) is 3.10. The van der Waals surface area contributed by atoms with Crippen molar-refractivity contribution in [3.8, 4) is 0 Å². The maximum Gasteiger partial charge on any atom is 0.248 e. The fourth-order valence-electron chi connectivity index (χ4n) is 3.82. The molecule has 3 rings (SSSR count). The number of fused-ring (bicyclic) bond motifs is 2. The Morgan fingerprint density at radius 1 is 1.14 bits per heavy atom. The summed E-state index contributed by atoms with van der Waals surface area (Å²) in [6.45, 7) is 0.457. The minimum absolute atomic E-state index is 0. The Morgan fingerprint density at radius 2 is 1.77 bits per heavy atom. The Balaban J connectivity index is 0.00000176. The molecule has 2 aliphatic carbocycles. The summed E-state index contributed by atoms with van der Waals surface area (Å²) >= 11 is 0. The molecule has 4 unspecified atom stereocenters. The van der Waals surface area contributed by atoms with E-state index in [1.165, 1.54) is 6.42 Å². The van der Waals surface area contributed by atoms with Gasteiger partial charge in [-0.1, -0.05) is 12.1 Å². The van der Waals surface area contributed by atoms with Crippen LogP contribution in [0.2, 0.25) is 0 Å². The van der Waals surface area contributed by atoms with Gasteiger partial charge in [-0.05, 0) is 48.8 Å². The molecular weight excluding hydrogens is 302 g/mol. The highest BCUT2D eigenvalue weighted by Crippen LogP contribution is 2.47. The number of nitrogens with one attached hydrogen (secondary N) is 1. The number of halogens is 1. The predicted molar refractivity (Wildman–Crippen MR) is 86.4 cm³/mol. The zero-order valence-electron chi connectivity index (χ0n) is 12.3. The SMILES string of the molecule is Cl.NC(=O)c1ccc(CNC(=O)C2C3CCC(C3)C2N)cc1. The molecule has 5 N–H and O–H groups in total. The third-order valence-electron chi connectivity index (χ3n) is 4.99. The van der Waals surface area contributed by atoms with Gasteiger partial charge in [0.05, 0.1) is 5.92 Å². The van der Waals surface area contributed by atoms with Crippen molar-refractivity contribution in [3.63, 3.8) is 0 Å². The minimum atomic E-state index is -0.446. The van der Waals surface area contributed by atoms with Crippen LogP contribution in [-0.2, 0) is 11.3 Å². The van der Waals surface area contributed by atoms with E-state index in [0.717, 1.165) is 18.4 Å². The molecule has 5 nitrogen and oxygen atoms in total. The predicted octanol–water partition coefficient (Wildman–Crippen LogP) is 1.20. The third-order valence-corrected chi connectivity index (χ3v) is 4.99. The topological polar surface area (TPSA) is 98.2 Å². The number of amides is 2. The number of hydrogen-bond donors (Lipinski definition) is 3. The first-order valence-electron chi connectivity index (χ1n) is 7.48. The van der Waals surface area contributed by atoms with Gasteiger partial charge in [-0.15, -0.1) is 12.4 Å². The summed E-state index contributed by atoms with van der Waals surface area (Å²) < 4.78 is 0. The van der Waals surface area contributed by atoms with Gasteiger partial charge >= 0.3 is 0 Å². The lowest BCUT2D eigenvalue weighted by atomic mass is 9.84. The van der Waals surface area contributed by atoms with Crippen LogP contribution < -0.4 is 16.8 Å². The summed E-state index contributed by atoms with van der Waals surface area (Å²) in [5.74, 6) is 0.573. The van der Waals surface area contributed by atoms with Gasteiger partial charge in [-0.2, -0.15) is 0 Å². The van der Waals surface area contributed by atoms with Crippen LogP contribution >= 0.6 is 12.4 Å². The maximum atomic E-state index is 12.3. The van der Waals surface area contributed by atoms with Crippen LogP contribution in [0.4, 0.5) is 0 Å². The Morgan fingerprint density at radius 3 is 2.32 bits per heavy atom. The van der Waals surface area contributed by atoms with Crippen molar-refractivity contribution in [2.24, 2.45) is 29.2 Å². The van der Waals surface area contributed by atoms with Crippen LogP contribution in [-0.4, -0.2) is 17.9 Å². The van der Waals surface area contributed by atoms with Gasteiger partial charge in [0.2, 0.25) is 11.8 Å². The van der Waals surface area contributed by atoms with Crippen LogP contribution in [0, 0.1) is 17.8 Å². The highest BCUT2D eigenvalue weighted by molar-refractivity contribution is 5.92. The second kappa shape index (κ2) is 6.67. The van der Waals surface area contributed by atoms with Gasteiger partial charge in [0, 0.05) is 18.2 Å². The number of rotatable bonds is 4. The number of primary amides is 1. The Bertz CT molecular complexity index is 559. The van der Waals surface area contributed by atoms with Crippen LogP contribution in [0.3, 0.4) is 0 Å². The van der Waals surface area contributed by atoms with Crippen molar-refractivity contribution in [3.05, 3.63) is 35.4 Å². The second-order valence-electron chi connectivity index (χ2n) is 6.22. The minimum Gasteiger partial charge on any atom is -0.366 e. The molecule has 22 heavy (non-hydrogen) atoms. The van der Waals surface area contributed by atoms with Crippen LogP contribution in [0.1, 0.15) is 35.2 Å². The number of nitrogens with two attached hydrogens (primary N) is 2. The molecule has 4 atom stereocenters. The highest BCUT2D eigenvalue weighted by Gasteiger charge is 2.48. The van der Waals surface area contributed by atoms with Crippen molar-refractivity contribution >= 4 is 24.2 Å². The molecule has 2 saturated carbocycles. The molecule has 1 aromatic rings. The van der Waals surface area contributed by atoms with E-state index >= 15 is 0 Å². The molecule has 6 heteroatoms. The van der Waals surface area contributed by atoms with Gasteiger partial charge in [-0.3, -0.25) is 9.59 Å². The van der Waals surface area contributed by atoms with Gasteiger partial charge in [0.15, 0.2) is 0 Å². The molecule has 0 heterocycles. The molecule has 2 fully saturated rings. The lowest BCUT2D eigenvalue weighted by molar-refractivity contribution is -0.127. The quantitative estimate of drug-likeness (QED) is 0.776. The number of hydrogen-bond acceptors (Lipinski definition) is 3. The van der Waals surface area contributed by atoms with E-state index in [9.17, 15) is 9.59 Å². The number of benzene rings is 1. The van der Waals surface area contributed by atoms with E-state index in [2.05, 4.69) is 5.32 Å². The molecular formula is C16H22ClN3O2. The van der Waals surface area contributed by atoms with Crippen LogP contribution in [0.5, 0.6) is 0 Å². The van der Waals surface area contributed by atoms with Crippen molar-refractivity contribution in [1.82, 2.24) is 5.32 Å². The summed E-state index contributed by atoms with van der Waals surface area (Å²) in [7, 11) is 0. The lowest BCUT2D eigenvalue weighted by Crippen LogP contribution is -2.45. The number of carbonyl (C=O) groups is 2. The lowest BCUT2D eigenvalue weighted by Gasteiger charge is -2.27. The first kappa shape index (κ1) is 16.8. The Labute approximate surface area is 136 Å². The largest absolute Gasteiger partial charge is 0.366 e. The summed E-state index contributed by atoms with van der Waals surface area (Å²) in [6, 6.07) is 6.98.